The molecule has 2 aromatic rings. The average Bonchev–Trinajstić information content (AvgIpc) is 3.11. The fraction of sp³-hybridized carbons (Fsp3) is 0.333. The number of oxime groups is 1. The van der Waals surface area contributed by atoms with E-state index in [0.717, 1.165) is 30.8 Å². The Bertz CT molecular complexity index is 767. The molecule has 0 saturated carbocycles. The lowest BCUT2D eigenvalue weighted by Gasteiger charge is -2.20. The van der Waals surface area contributed by atoms with Gasteiger partial charge in [-0.1, -0.05) is 35.5 Å². The predicted molar refractivity (Wildman–Crippen MR) is 106 cm³/mol. The molecule has 136 valence electrons. The van der Waals surface area contributed by atoms with Crippen LogP contribution in [0.15, 0.2) is 53.7 Å². The van der Waals surface area contributed by atoms with Crippen LogP contribution in [0.3, 0.4) is 0 Å². The maximum atomic E-state index is 12.3. The minimum Gasteiger partial charge on any atom is -0.386 e. The minimum absolute atomic E-state index is 0.0532. The van der Waals surface area contributed by atoms with Crippen molar-refractivity contribution < 1.29 is 9.63 Å². The van der Waals surface area contributed by atoms with E-state index in [0.29, 0.717) is 6.54 Å². The van der Waals surface area contributed by atoms with Gasteiger partial charge in [-0.15, -0.1) is 0 Å². The number of para-hydroxylation sites is 1. The second kappa shape index (κ2) is 8.52. The molecule has 0 saturated heterocycles. The smallest absolute Gasteiger partial charge is 0.267 e. The van der Waals surface area contributed by atoms with E-state index in [4.69, 9.17) is 4.84 Å². The van der Waals surface area contributed by atoms with E-state index in [1.54, 1.807) is 11.1 Å². The summed E-state index contributed by atoms with van der Waals surface area (Å²) < 4.78 is 0. The normalized spacial score (nSPS) is 13.1. The first-order valence-corrected chi connectivity index (χ1v) is 9.11. The van der Waals surface area contributed by atoms with E-state index >= 15 is 0 Å². The van der Waals surface area contributed by atoms with Crippen LogP contribution in [0.25, 0.3) is 0 Å². The highest BCUT2D eigenvalue weighted by Crippen LogP contribution is 2.27. The van der Waals surface area contributed by atoms with Crippen molar-refractivity contribution in [2.24, 2.45) is 5.16 Å². The molecule has 5 heteroatoms. The Hall–Kier alpha value is -2.82. The zero-order valence-electron chi connectivity index (χ0n) is 15.4. The summed E-state index contributed by atoms with van der Waals surface area (Å²) in [5.41, 5.74) is 4.32. The molecule has 1 aliphatic heterocycles. The maximum absolute atomic E-state index is 12.3. The zero-order valence-corrected chi connectivity index (χ0v) is 15.4. The molecule has 0 fully saturated rings. The van der Waals surface area contributed by atoms with E-state index in [1.807, 2.05) is 30.3 Å². The van der Waals surface area contributed by atoms with Crippen LogP contribution in [0.1, 0.15) is 25.0 Å². The van der Waals surface area contributed by atoms with Crippen LogP contribution in [0.2, 0.25) is 0 Å². The molecule has 26 heavy (non-hydrogen) atoms. The van der Waals surface area contributed by atoms with Gasteiger partial charge in [-0.3, -0.25) is 4.79 Å². The lowest BCUT2D eigenvalue weighted by molar-refractivity contribution is -0.122. The van der Waals surface area contributed by atoms with Gasteiger partial charge >= 0.3 is 0 Å². The van der Waals surface area contributed by atoms with Crippen LogP contribution >= 0.6 is 0 Å². The second-order valence-electron chi connectivity index (χ2n) is 6.20. The van der Waals surface area contributed by atoms with Crippen molar-refractivity contribution in [2.45, 2.75) is 20.3 Å². The number of carbonyl (C=O) groups is 1. The third-order valence-corrected chi connectivity index (χ3v) is 4.67. The highest BCUT2D eigenvalue weighted by Gasteiger charge is 2.24. The molecule has 0 spiro atoms. The molecule has 1 heterocycles. The number of amides is 1. The third-order valence-electron chi connectivity index (χ3n) is 4.67. The fourth-order valence-electron chi connectivity index (χ4n) is 3.23. The van der Waals surface area contributed by atoms with Crippen molar-refractivity contribution >= 4 is 23.5 Å². The molecule has 2 aromatic carbocycles. The summed E-state index contributed by atoms with van der Waals surface area (Å²) in [5, 5.41) is 3.94. The number of nitrogens with zero attached hydrogens (tertiary/aromatic N) is 3. The molecular weight excluding hydrogens is 326 g/mol. The summed E-state index contributed by atoms with van der Waals surface area (Å²) in [7, 11) is 0. The third kappa shape index (κ3) is 4.04. The molecule has 0 aliphatic carbocycles. The first-order valence-electron chi connectivity index (χ1n) is 9.11. The molecule has 0 bridgehead atoms. The van der Waals surface area contributed by atoms with E-state index in [-0.39, 0.29) is 12.5 Å². The Morgan fingerprint density at radius 1 is 1.15 bits per heavy atom. The van der Waals surface area contributed by atoms with Crippen molar-refractivity contribution in [3.8, 4) is 0 Å². The lowest BCUT2D eigenvalue weighted by Crippen LogP contribution is -2.31. The Morgan fingerprint density at radius 2 is 1.88 bits per heavy atom. The molecule has 0 atom stereocenters. The molecule has 1 aliphatic rings. The van der Waals surface area contributed by atoms with Gasteiger partial charge in [-0.2, -0.15) is 0 Å². The molecule has 1 amide bonds. The molecule has 3 rings (SSSR count). The second-order valence-corrected chi connectivity index (χ2v) is 6.20. The summed E-state index contributed by atoms with van der Waals surface area (Å²) in [6, 6.07) is 16.1. The van der Waals surface area contributed by atoms with Gasteiger partial charge in [0, 0.05) is 31.0 Å². The van der Waals surface area contributed by atoms with Crippen LogP contribution in [0, 0.1) is 0 Å². The Balaban J connectivity index is 1.51. The monoisotopic (exact) mass is 351 g/mol. The lowest BCUT2D eigenvalue weighted by atomic mass is 10.2. The Kier molecular flexibility index (Phi) is 5.89. The Labute approximate surface area is 154 Å². The highest BCUT2D eigenvalue weighted by atomic mass is 16.6. The van der Waals surface area contributed by atoms with Crippen LogP contribution in [-0.2, 0) is 16.1 Å². The molecule has 0 unspecified atom stereocenters. The summed E-state index contributed by atoms with van der Waals surface area (Å²) in [6.07, 6.45) is 2.53. The summed E-state index contributed by atoms with van der Waals surface area (Å²) in [5.74, 6) is -0.0658. The van der Waals surface area contributed by atoms with Crippen molar-refractivity contribution in [2.75, 3.05) is 36.0 Å². The van der Waals surface area contributed by atoms with Gasteiger partial charge in [0.1, 0.15) is 0 Å². The highest BCUT2D eigenvalue weighted by molar-refractivity contribution is 5.96. The SMILES string of the molecule is CCN(CC)c1ccc(/C=N/OCC(=O)N2CCc3ccccc32)cc1. The average molecular weight is 351 g/mol. The van der Waals surface area contributed by atoms with Crippen LogP contribution in [0.4, 0.5) is 11.4 Å². The minimum atomic E-state index is -0.0658. The molecule has 5 nitrogen and oxygen atoms in total. The maximum Gasteiger partial charge on any atom is 0.267 e. The fourth-order valence-corrected chi connectivity index (χ4v) is 3.23. The van der Waals surface area contributed by atoms with Gasteiger partial charge in [-0.05, 0) is 49.6 Å². The predicted octanol–water partition coefficient (Wildman–Crippen LogP) is 3.47. The van der Waals surface area contributed by atoms with Crippen molar-refractivity contribution in [1.82, 2.24) is 0 Å². The first-order chi connectivity index (χ1) is 12.7. The molecule has 0 aromatic heterocycles. The first kappa shape index (κ1) is 18.0. The molecular formula is C21H25N3O2. The number of fused-ring (bicyclic) bond motifs is 1. The van der Waals surface area contributed by atoms with Crippen molar-refractivity contribution in [3.05, 3.63) is 59.7 Å². The van der Waals surface area contributed by atoms with E-state index < -0.39 is 0 Å². The number of rotatable bonds is 7. The Morgan fingerprint density at radius 3 is 2.62 bits per heavy atom. The number of benzene rings is 2. The van der Waals surface area contributed by atoms with Gasteiger partial charge in [0.15, 0.2) is 6.61 Å². The number of anilines is 2. The van der Waals surface area contributed by atoms with Crippen molar-refractivity contribution in [1.29, 1.82) is 0 Å². The molecule has 0 N–H and O–H groups in total. The molecule has 0 radical (unpaired) electrons. The van der Waals surface area contributed by atoms with E-state index in [9.17, 15) is 4.79 Å². The number of hydrogen-bond acceptors (Lipinski definition) is 4. The summed E-state index contributed by atoms with van der Waals surface area (Å²) in [6.45, 7) is 6.90. The van der Waals surface area contributed by atoms with Crippen LogP contribution in [-0.4, -0.2) is 38.4 Å². The van der Waals surface area contributed by atoms with Gasteiger partial charge in [-0.25, -0.2) is 0 Å². The van der Waals surface area contributed by atoms with E-state index in [2.05, 4.69) is 42.1 Å². The van der Waals surface area contributed by atoms with Gasteiger partial charge in [0.2, 0.25) is 0 Å². The van der Waals surface area contributed by atoms with Gasteiger partial charge < -0.3 is 14.6 Å². The van der Waals surface area contributed by atoms with Gasteiger partial charge in [0.05, 0.1) is 6.21 Å². The summed E-state index contributed by atoms with van der Waals surface area (Å²) in [4.78, 5) is 21.6. The number of carbonyl (C=O) groups excluding carboxylic acids is 1. The zero-order chi connectivity index (χ0) is 18.4. The van der Waals surface area contributed by atoms with Crippen molar-refractivity contribution in [3.63, 3.8) is 0 Å². The van der Waals surface area contributed by atoms with Crippen LogP contribution < -0.4 is 9.80 Å². The summed E-state index contributed by atoms with van der Waals surface area (Å²) >= 11 is 0. The van der Waals surface area contributed by atoms with Crippen LogP contribution in [0.5, 0.6) is 0 Å². The number of hydrogen-bond donors (Lipinski definition) is 0. The topological polar surface area (TPSA) is 45.1 Å². The quantitative estimate of drug-likeness (QED) is 0.567. The van der Waals surface area contributed by atoms with Gasteiger partial charge in [0.25, 0.3) is 5.91 Å². The largest absolute Gasteiger partial charge is 0.386 e. The standard InChI is InChI=1S/C21H25N3O2/c1-3-23(4-2)19-11-9-17(10-12-19)15-22-26-16-21(25)24-14-13-18-7-5-6-8-20(18)24/h5-12,15H,3-4,13-14,16H2,1-2H3/b22-15+. The van der Waals surface area contributed by atoms with E-state index in [1.165, 1.54) is 11.3 Å².